The van der Waals surface area contributed by atoms with Gasteiger partial charge < -0.3 is 5.73 Å². The molecule has 1 aromatic heterocycles. The molecule has 0 bridgehead atoms. The minimum Gasteiger partial charge on any atom is -0.396 e. The average Bonchev–Trinajstić information content (AvgIpc) is 2.50. The Morgan fingerprint density at radius 1 is 1.18 bits per heavy atom. The summed E-state index contributed by atoms with van der Waals surface area (Å²) in [6.45, 7) is 8.99. The molecule has 2 N–H and O–H groups in total. The highest BCUT2D eigenvalue weighted by molar-refractivity contribution is 5.47. The molecule has 0 aliphatic heterocycles. The fraction of sp³-hybridized carbons (Fsp3) is 0.357. The molecule has 3 heteroatoms. The number of hydrogen-bond donors (Lipinski definition) is 1. The maximum Gasteiger partial charge on any atom is 0.0826 e. The van der Waals surface area contributed by atoms with Crippen molar-refractivity contribution in [3.05, 3.63) is 46.3 Å². The van der Waals surface area contributed by atoms with Gasteiger partial charge in [0.05, 0.1) is 23.6 Å². The summed E-state index contributed by atoms with van der Waals surface area (Å²) in [5, 5.41) is 4.46. The topological polar surface area (TPSA) is 43.8 Å². The highest BCUT2D eigenvalue weighted by Crippen LogP contribution is 2.18. The normalized spacial score (nSPS) is 10.8. The Balaban J connectivity index is 2.34. The van der Waals surface area contributed by atoms with Gasteiger partial charge in [-0.15, -0.1) is 0 Å². The molecule has 0 spiro atoms. The van der Waals surface area contributed by atoms with Crippen molar-refractivity contribution in [1.82, 2.24) is 9.78 Å². The van der Waals surface area contributed by atoms with Gasteiger partial charge in [0, 0.05) is 0 Å². The van der Waals surface area contributed by atoms with Crippen molar-refractivity contribution in [3.63, 3.8) is 0 Å². The van der Waals surface area contributed by atoms with E-state index in [0.717, 1.165) is 23.6 Å². The molecule has 0 fully saturated rings. The van der Waals surface area contributed by atoms with E-state index in [0.29, 0.717) is 0 Å². The molecule has 0 amide bonds. The summed E-state index contributed by atoms with van der Waals surface area (Å²) in [4.78, 5) is 0. The molecule has 3 nitrogen and oxygen atoms in total. The van der Waals surface area contributed by atoms with Crippen LogP contribution in [0.3, 0.4) is 0 Å². The van der Waals surface area contributed by atoms with Crippen LogP contribution in [0.15, 0.2) is 18.2 Å². The van der Waals surface area contributed by atoms with Gasteiger partial charge in [-0.2, -0.15) is 5.10 Å². The SMILES string of the molecule is Cc1ccc(Cn2nc(C)c(N)c2C)c(C)c1. The molecular formula is C14H19N3. The second-order valence-electron chi connectivity index (χ2n) is 4.67. The highest BCUT2D eigenvalue weighted by atomic mass is 15.3. The smallest absolute Gasteiger partial charge is 0.0826 e. The van der Waals surface area contributed by atoms with Crippen LogP contribution >= 0.6 is 0 Å². The monoisotopic (exact) mass is 229 g/mol. The van der Waals surface area contributed by atoms with Crippen LogP contribution in [0.2, 0.25) is 0 Å². The van der Waals surface area contributed by atoms with E-state index in [1.54, 1.807) is 0 Å². The molecule has 0 atom stereocenters. The third-order valence-electron chi connectivity index (χ3n) is 3.26. The van der Waals surface area contributed by atoms with Crippen LogP contribution in [0.5, 0.6) is 0 Å². The van der Waals surface area contributed by atoms with Gasteiger partial charge in [0.25, 0.3) is 0 Å². The van der Waals surface area contributed by atoms with E-state index in [9.17, 15) is 0 Å². The van der Waals surface area contributed by atoms with Crippen LogP contribution in [-0.4, -0.2) is 9.78 Å². The Kier molecular flexibility index (Phi) is 2.92. The highest BCUT2D eigenvalue weighted by Gasteiger charge is 2.09. The van der Waals surface area contributed by atoms with Crippen LogP contribution in [0.4, 0.5) is 5.69 Å². The number of nitrogens with two attached hydrogens (primary N) is 1. The maximum atomic E-state index is 5.94. The van der Waals surface area contributed by atoms with Crippen molar-refractivity contribution in [3.8, 4) is 0 Å². The molecular weight excluding hydrogens is 210 g/mol. The van der Waals surface area contributed by atoms with E-state index in [2.05, 4.69) is 37.1 Å². The van der Waals surface area contributed by atoms with Crippen molar-refractivity contribution in [1.29, 1.82) is 0 Å². The largest absolute Gasteiger partial charge is 0.396 e. The Morgan fingerprint density at radius 3 is 2.41 bits per heavy atom. The lowest BCUT2D eigenvalue weighted by molar-refractivity contribution is 0.657. The maximum absolute atomic E-state index is 5.94. The van der Waals surface area contributed by atoms with Crippen molar-refractivity contribution in [2.45, 2.75) is 34.2 Å². The van der Waals surface area contributed by atoms with Gasteiger partial charge >= 0.3 is 0 Å². The summed E-state index contributed by atoms with van der Waals surface area (Å²) >= 11 is 0. The predicted molar refractivity (Wildman–Crippen MR) is 71.1 cm³/mol. The summed E-state index contributed by atoms with van der Waals surface area (Å²) in [6, 6.07) is 6.50. The standard InChI is InChI=1S/C14H19N3/c1-9-5-6-13(10(2)7-9)8-17-12(4)14(15)11(3)16-17/h5-7H,8,15H2,1-4H3. The molecule has 0 unspecified atom stereocenters. The van der Waals surface area contributed by atoms with Gasteiger partial charge in [0.15, 0.2) is 0 Å². The lowest BCUT2D eigenvalue weighted by Crippen LogP contribution is -2.05. The number of nitrogens with zero attached hydrogens (tertiary/aromatic N) is 2. The van der Waals surface area contributed by atoms with Gasteiger partial charge in [-0.05, 0) is 38.8 Å². The number of benzene rings is 1. The van der Waals surface area contributed by atoms with E-state index in [-0.39, 0.29) is 0 Å². The molecule has 2 rings (SSSR count). The second-order valence-corrected chi connectivity index (χ2v) is 4.67. The molecule has 2 aromatic rings. The van der Waals surface area contributed by atoms with E-state index >= 15 is 0 Å². The van der Waals surface area contributed by atoms with Crippen LogP contribution in [0.1, 0.15) is 28.1 Å². The van der Waals surface area contributed by atoms with Gasteiger partial charge in [0.1, 0.15) is 0 Å². The first-order valence-corrected chi connectivity index (χ1v) is 5.84. The second kappa shape index (κ2) is 4.24. The average molecular weight is 229 g/mol. The summed E-state index contributed by atoms with van der Waals surface area (Å²) in [6.07, 6.45) is 0. The van der Waals surface area contributed by atoms with Crippen LogP contribution in [-0.2, 0) is 6.54 Å². The summed E-state index contributed by atoms with van der Waals surface area (Å²) in [7, 11) is 0. The lowest BCUT2D eigenvalue weighted by Gasteiger charge is -2.08. The molecule has 0 saturated carbocycles. The van der Waals surface area contributed by atoms with Gasteiger partial charge in [-0.1, -0.05) is 23.8 Å². The van der Waals surface area contributed by atoms with Crippen LogP contribution in [0.25, 0.3) is 0 Å². The van der Waals surface area contributed by atoms with E-state index < -0.39 is 0 Å². The molecule has 0 radical (unpaired) electrons. The number of aromatic nitrogens is 2. The van der Waals surface area contributed by atoms with E-state index in [1.165, 1.54) is 16.7 Å². The molecule has 0 aliphatic rings. The van der Waals surface area contributed by atoms with Crippen molar-refractivity contribution in [2.24, 2.45) is 0 Å². The Morgan fingerprint density at radius 2 is 1.88 bits per heavy atom. The number of aryl methyl sites for hydroxylation is 3. The first kappa shape index (κ1) is 11.7. The molecule has 17 heavy (non-hydrogen) atoms. The molecule has 1 heterocycles. The predicted octanol–water partition coefficient (Wildman–Crippen LogP) is 2.75. The first-order chi connectivity index (χ1) is 7.99. The summed E-state index contributed by atoms with van der Waals surface area (Å²) in [5.74, 6) is 0. The van der Waals surface area contributed by atoms with Crippen molar-refractivity contribution >= 4 is 5.69 Å². The number of rotatable bonds is 2. The van der Waals surface area contributed by atoms with Gasteiger partial charge in [-0.25, -0.2) is 0 Å². The molecule has 0 saturated heterocycles. The first-order valence-electron chi connectivity index (χ1n) is 5.84. The Bertz CT molecular complexity index is 553. The minimum atomic E-state index is 0.788. The molecule has 0 aliphatic carbocycles. The third kappa shape index (κ3) is 2.18. The minimum absolute atomic E-state index is 0.788. The number of nitrogen functional groups attached to an aromatic ring is 1. The van der Waals surface area contributed by atoms with Crippen molar-refractivity contribution in [2.75, 3.05) is 5.73 Å². The van der Waals surface area contributed by atoms with E-state index in [4.69, 9.17) is 5.73 Å². The zero-order valence-electron chi connectivity index (χ0n) is 10.9. The third-order valence-corrected chi connectivity index (χ3v) is 3.26. The van der Waals surface area contributed by atoms with Gasteiger partial charge in [0.2, 0.25) is 0 Å². The lowest BCUT2D eigenvalue weighted by atomic mass is 10.1. The zero-order valence-corrected chi connectivity index (χ0v) is 10.9. The molecule has 1 aromatic carbocycles. The van der Waals surface area contributed by atoms with Gasteiger partial charge in [-0.3, -0.25) is 4.68 Å². The Labute approximate surface area is 102 Å². The zero-order chi connectivity index (χ0) is 12.6. The quantitative estimate of drug-likeness (QED) is 0.860. The summed E-state index contributed by atoms with van der Waals surface area (Å²) in [5.41, 5.74) is 12.6. The summed E-state index contributed by atoms with van der Waals surface area (Å²) < 4.78 is 1.97. The fourth-order valence-corrected chi connectivity index (χ4v) is 2.05. The molecule has 90 valence electrons. The Hall–Kier alpha value is -1.77. The number of anilines is 1. The fourth-order valence-electron chi connectivity index (χ4n) is 2.05. The van der Waals surface area contributed by atoms with Crippen LogP contribution in [0, 0.1) is 27.7 Å². The van der Waals surface area contributed by atoms with Crippen LogP contribution < -0.4 is 5.73 Å². The van der Waals surface area contributed by atoms with E-state index in [1.807, 2.05) is 18.5 Å². The van der Waals surface area contributed by atoms with Crippen molar-refractivity contribution < 1.29 is 0 Å². The number of hydrogen-bond acceptors (Lipinski definition) is 2.